The molecule has 2 aromatic rings. The normalized spacial score (nSPS) is 20.8. The molecule has 134 valence electrons. The average Bonchev–Trinajstić information content (AvgIpc) is 2.59. The van der Waals surface area contributed by atoms with Gasteiger partial charge in [0.2, 0.25) is 5.91 Å². The van der Waals surface area contributed by atoms with Crippen molar-refractivity contribution in [1.82, 2.24) is 15.6 Å². The van der Waals surface area contributed by atoms with Gasteiger partial charge in [0.15, 0.2) is 0 Å². The highest BCUT2D eigenvalue weighted by atomic mass is 19.1. The van der Waals surface area contributed by atoms with Crippen LogP contribution in [0.25, 0.3) is 10.9 Å². The number of fused-ring (bicyclic) bond motifs is 1. The third kappa shape index (κ3) is 4.54. The van der Waals surface area contributed by atoms with Crippen molar-refractivity contribution in [2.75, 3.05) is 0 Å². The van der Waals surface area contributed by atoms with E-state index in [1.165, 1.54) is 6.07 Å². The first-order chi connectivity index (χ1) is 12.0. The van der Waals surface area contributed by atoms with Crippen LogP contribution in [-0.2, 0) is 11.3 Å². The number of hydrogen-bond acceptors (Lipinski definition) is 3. The molecule has 1 heterocycles. The summed E-state index contributed by atoms with van der Waals surface area (Å²) in [5.41, 5.74) is 1.70. The van der Waals surface area contributed by atoms with Crippen molar-refractivity contribution in [1.29, 1.82) is 0 Å². The Labute approximate surface area is 148 Å². The van der Waals surface area contributed by atoms with Gasteiger partial charge in [0.05, 0.1) is 5.52 Å². The van der Waals surface area contributed by atoms with Crippen molar-refractivity contribution in [3.63, 3.8) is 0 Å². The zero-order valence-corrected chi connectivity index (χ0v) is 14.9. The van der Waals surface area contributed by atoms with E-state index < -0.39 is 0 Å². The van der Waals surface area contributed by atoms with Gasteiger partial charge in [-0.15, -0.1) is 0 Å². The molecule has 0 aliphatic heterocycles. The summed E-state index contributed by atoms with van der Waals surface area (Å²) in [6.45, 7) is 4.53. The molecule has 0 saturated heterocycles. The van der Waals surface area contributed by atoms with E-state index in [9.17, 15) is 9.18 Å². The van der Waals surface area contributed by atoms with Crippen LogP contribution in [0, 0.1) is 11.7 Å². The zero-order valence-electron chi connectivity index (χ0n) is 14.9. The van der Waals surface area contributed by atoms with Gasteiger partial charge in [0, 0.05) is 36.1 Å². The number of aromatic nitrogens is 1. The van der Waals surface area contributed by atoms with Gasteiger partial charge in [0.1, 0.15) is 5.82 Å². The molecule has 2 N–H and O–H groups in total. The van der Waals surface area contributed by atoms with Gasteiger partial charge in [-0.3, -0.25) is 9.78 Å². The Bertz CT molecular complexity index is 747. The van der Waals surface area contributed by atoms with Crippen LogP contribution in [0.5, 0.6) is 0 Å². The van der Waals surface area contributed by atoms with Crippen molar-refractivity contribution in [3.05, 3.63) is 41.8 Å². The van der Waals surface area contributed by atoms with Crippen molar-refractivity contribution < 1.29 is 9.18 Å². The number of hydrogen-bond donors (Lipinski definition) is 2. The third-order valence-electron chi connectivity index (χ3n) is 4.81. The predicted molar refractivity (Wildman–Crippen MR) is 97.6 cm³/mol. The van der Waals surface area contributed by atoms with Crippen LogP contribution in [0.4, 0.5) is 4.39 Å². The Morgan fingerprint density at radius 1 is 1.36 bits per heavy atom. The largest absolute Gasteiger partial charge is 0.354 e. The minimum Gasteiger partial charge on any atom is -0.354 e. The fourth-order valence-electron chi connectivity index (χ4n) is 3.63. The molecule has 1 fully saturated rings. The maximum atomic E-state index is 13.8. The minimum atomic E-state index is -0.241. The highest BCUT2D eigenvalue weighted by molar-refractivity contribution is 5.81. The summed E-state index contributed by atoms with van der Waals surface area (Å²) in [5, 5.41) is 7.34. The Kier molecular flexibility index (Phi) is 5.63. The lowest BCUT2D eigenvalue weighted by Gasteiger charge is -2.29. The quantitative estimate of drug-likeness (QED) is 0.873. The molecule has 1 amide bonds. The van der Waals surface area contributed by atoms with Crippen LogP contribution < -0.4 is 10.6 Å². The maximum absolute atomic E-state index is 13.8. The summed E-state index contributed by atoms with van der Waals surface area (Å²) in [5.74, 6) is -0.0227. The number of amides is 1. The highest BCUT2D eigenvalue weighted by Gasteiger charge is 2.27. The Hall–Kier alpha value is -2.01. The lowest BCUT2D eigenvalue weighted by molar-refractivity contribution is -0.126. The van der Waals surface area contributed by atoms with Crippen LogP contribution in [0.2, 0.25) is 0 Å². The molecule has 1 saturated carbocycles. The lowest BCUT2D eigenvalue weighted by Crippen LogP contribution is -2.42. The number of carbonyl (C=O) groups excluding carboxylic acids is 1. The van der Waals surface area contributed by atoms with Crippen molar-refractivity contribution in [2.45, 2.75) is 58.2 Å². The van der Waals surface area contributed by atoms with Gasteiger partial charge in [-0.1, -0.05) is 12.5 Å². The number of nitrogens with zero attached hydrogens (tertiary/aromatic N) is 1. The molecule has 5 heteroatoms. The summed E-state index contributed by atoms with van der Waals surface area (Å²) in [4.78, 5) is 16.6. The van der Waals surface area contributed by atoms with Crippen LogP contribution in [0.1, 0.15) is 45.1 Å². The van der Waals surface area contributed by atoms with Gasteiger partial charge >= 0.3 is 0 Å². The number of nitrogens with one attached hydrogen (secondary N) is 2. The fourth-order valence-corrected chi connectivity index (χ4v) is 3.63. The first-order valence-corrected chi connectivity index (χ1v) is 9.10. The molecular formula is C20H26FN3O. The van der Waals surface area contributed by atoms with Gasteiger partial charge in [-0.2, -0.15) is 0 Å². The molecule has 1 aliphatic carbocycles. The standard InChI is InChI=1S/C20H26FN3O/c1-13(2)24-20(25)15-5-3-7-18(11-15)23-12-16-10-17(21)9-14-6-4-8-22-19(14)16/h4,6,8-10,13,15,18,23H,3,5,7,11-12H2,1-2H3,(H,24,25)/t15-,18+/m1/s1. The second-order valence-electron chi connectivity index (χ2n) is 7.24. The topological polar surface area (TPSA) is 54.0 Å². The number of carbonyl (C=O) groups is 1. The SMILES string of the molecule is CC(C)NC(=O)[C@@H]1CCC[C@H](NCc2cc(F)cc3cccnc23)C1. The van der Waals surface area contributed by atoms with Crippen LogP contribution >= 0.6 is 0 Å². The highest BCUT2D eigenvalue weighted by Crippen LogP contribution is 2.25. The monoisotopic (exact) mass is 343 g/mol. The average molecular weight is 343 g/mol. The van der Waals surface area contributed by atoms with E-state index in [0.717, 1.165) is 42.1 Å². The molecule has 0 unspecified atom stereocenters. The van der Waals surface area contributed by atoms with Crippen LogP contribution in [-0.4, -0.2) is 23.0 Å². The summed E-state index contributed by atoms with van der Waals surface area (Å²) >= 11 is 0. The molecule has 0 spiro atoms. The molecule has 1 aromatic carbocycles. The summed E-state index contributed by atoms with van der Waals surface area (Å²) in [6, 6.07) is 7.21. The molecule has 3 rings (SSSR count). The number of benzene rings is 1. The van der Waals surface area contributed by atoms with E-state index in [4.69, 9.17) is 0 Å². The summed E-state index contributed by atoms with van der Waals surface area (Å²) < 4.78 is 13.8. The van der Waals surface area contributed by atoms with Crippen molar-refractivity contribution in [3.8, 4) is 0 Å². The van der Waals surface area contributed by atoms with Gasteiger partial charge in [0.25, 0.3) is 0 Å². The van der Waals surface area contributed by atoms with E-state index in [1.807, 2.05) is 26.0 Å². The predicted octanol–water partition coefficient (Wildman–Crippen LogP) is 3.55. The van der Waals surface area contributed by atoms with E-state index in [1.54, 1.807) is 12.3 Å². The van der Waals surface area contributed by atoms with Crippen molar-refractivity contribution >= 4 is 16.8 Å². The molecule has 1 aromatic heterocycles. The summed E-state index contributed by atoms with van der Waals surface area (Å²) in [6.07, 6.45) is 5.60. The molecule has 4 nitrogen and oxygen atoms in total. The Balaban J connectivity index is 1.65. The molecular weight excluding hydrogens is 317 g/mol. The maximum Gasteiger partial charge on any atom is 0.223 e. The number of halogens is 1. The second-order valence-corrected chi connectivity index (χ2v) is 7.24. The van der Waals surface area contributed by atoms with Crippen molar-refractivity contribution in [2.24, 2.45) is 5.92 Å². The Morgan fingerprint density at radius 3 is 3.00 bits per heavy atom. The van der Waals surface area contributed by atoms with E-state index in [0.29, 0.717) is 6.54 Å². The van der Waals surface area contributed by atoms with Crippen LogP contribution in [0.15, 0.2) is 30.5 Å². The fraction of sp³-hybridized carbons (Fsp3) is 0.500. The molecule has 2 atom stereocenters. The van der Waals surface area contributed by atoms with Gasteiger partial charge in [-0.05, 0) is 56.9 Å². The van der Waals surface area contributed by atoms with E-state index in [-0.39, 0.29) is 29.7 Å². The smallest absolute Gasteiger partial charge is 0.223 e. The van der Waals surface area contributed by atoms with Gasteiger partial charge < -0.3 is 10.6 Å². The van der Waals surface area contributed by atoms with Crippen LogP contribution in [0.3, 0.4) is 0 Å². The summed E-state index contributed by atoms with van der Waals surface area (Å²) in [7, 11) is 0. The first kappa shape index (κ1) is 17.8. The third-order valence-corrected chi connectivity index (χ3v) is 4.81. The molecule has 0 radical (unpaired) electrons. The molecule has 25 heavy (non-hydrogen) atoms. The zero-order chi connectivity index (χ0) is 17.8. The minimum absolute atomic E-state index is 0.0658. The number of rotatable bonds is 5. The number of pyridine rings is 1. The lowest BCUT2D eigenvalue weighted by atomic mass is 9.85. The first-order valence-electron chi connectivity index (χ1n) is 9.10. The van der Waals surface area contributed by atoms with E-state index in [2.05, 4.69) is 15.6 Å². The second kappa shape index (κ2) is 7.91. The molecule has 1 aliphatic rings. The Morgan fingerprint density at radius 2 is 2.20 bits per heavy atom. The van der Waals surface area contributed by atoms with Gasteiger partial charge in [-0.25, -0.2) is 4.39 Å². The van der Waals surface area contributed by atoms with E-state index >= 15 is 0 Å². The molecule has 0 bridgehead atoms.